The predicted octanol–water partition coefficient (Wildman–Crippen LogP) is -1.56. The van der Waals surface area contributed by atoms with Crippen LogP contribution in [0.25, 0.3) is 12.2 Å². The van der Waals surface area contributed by atoms with E-state index in [4.69, 9.17) is 0 Å². The molecular weight excluding hydrogens is 735 g/mol. The summed E-state index contributed by atoms with van der Waals surface area (Å²) in [4.78, 5) is 37.6. The third-order valence-electron chi connectivity index (χ3n) is 7.26. The SMILES string of the molecule is O=C(Nc1ccc2c(c1)C=C(S(=O)(=O)[O-])/C(=N\Nc1ccccc1)C2=O)Nc1ccc2c(c1)C=C(S(=O)(=O)[O-])/C(=N/Nc1ccccc1)C2=O.[Na+].[Na+]. The van der Waals surface area contributed by atoms with Crippen molar-refractivity contribution >= 4 is 84.2 Å². The molecule has 6 rings (SSSR count). The summed E-state index contributed by atoms with van der Waals surface area (Å²) < 4.78 is 72.5. The summed E-state index contributed by atoms with van der Waals surface area (Å²) in [5, 5.41) is 12.8. The number of benzene rings is 4. The van der Waals surface area contributed by atoms with Crippen molar-refractivity contribution in [2.75, 3.05) is 21.5 Å². The van der Waals surface area contributed by atoms with Gasteiger partial charge in [-0.2, -0.15) is 10.2 Å². The van der Waals surface area contributed by atoms with Crippen molar-refractivity contribution in [2.45, 2.75) is 0 Å². The number of urea groups is 1. The Morgan fingerprint density at radius 3 is 1.25 bits per heavy atom. The Kier molecular flexibility index (Phi) is 12.9. The number of rotatable bonds is 8. The number of para-hydroxylation sites is 2. The molecule has 2 aliphatic rings. The van der Waals surface area contributed by atoms with Gasteiger partial charge in [0.25, 0.3) is 0 Å². The summed E-state index contributed by atoms with van der Waals surface area (Å²) >= 11 is 0. The third-order valence-corrected chi connectivity index (χ3v) is 8.96. The molecule has 0 bridgehead atoms. The van der Waals surface area contributed by atoms with Crippen molar-refractivity contribution in [1.82, 2.24) is 0 Å². The summed E-state index contributed by atoms with van der Waals surface area (Å²) in [6.07, 6.45) is 1.96. The van der Waals surface area contributed by atoms with E-state index in [-0.39, 0.29) is 92.7 Å². The van der Waals surface area contributed by atoms with Gasteiger partial charge in [0.15, 0.2) is 0 Å². The fraction of sp³-hybridized carbons (Fsp3) is 0. The van der Waals surface area contributed by atoms with Crippen LogP contribution < -0.4 is 80.6 Å². The van der Waals surface area contributed by atoms with Crippen LogP contribution in [0, 0.1) is 0 Å². The van der Waals surface area contributed by atoms with Gasteiger partial charge in [0, 0.05) is 22.5 Å². The van der Waals surface area contributed by atoms with Crippen molar-refractivity contribution in [3.63, 3.8) is 0 Å². The molecule has 15 nitrogen and oxygen atoms in total. The average molecular weight is 757 g/mol. The maximum absolute atomic E-state index is 13.2. The monoisotopic (exact) mass is 756 g/mol. The quantitative estimate of drug-likeness (QED) is 0.0911. The summed E-state index contributed by atoms with van der Waals surface area (Å²) in [5.41, 5.74) is 5.13. The largest absolute Gasteiger partial charge is 1.00 e. The van der Waals surface area contributed by atoms with Crippen molar-refractivity contribution in [2.24, 2.45) is 10.2 Å². The van der Waals surface area contributed by atoms with Crippen LogP contribution in [0.1, 0.15) is 31.8 Å². The van der Waals surface area contributed by atoms with Crippen molar-refractivity contribution < 1.29 is 99.4 Å². The summed E-state index contributed by atoms with van der Waals surface area (Å²) in [7, 11) is -10.3. The molecule has 52 heavy (non-hydrogen) atoms. The van der Waals surface area contributed by atoms with Gasteiger partial charge in [-0.15, -0.1) is 0 Å². The molecule has 0 atom stereocenters. The molecule has 0 fully saturated rings. The Morgan fingerprint density at radius 1 is 0.538 bits per heavy atom. The van der Waals surface area contributed by atoms with Crippen LogP contribution in [0.3, 0.4) is 0 Å². The van der Waals surface area contributed by atoms with Crippen LogP contribution in [0.5, 0.6) is 0 Å². The van der Waals surface area contributed by atoms with E-state index in [1.807, 2.05) is 0 Å². The van der Waals surface area contributed by atoms with E-state index >= 15 is 0 Å². The first-order valence-corrected chi connectivity index (χ1v) is 17.2. The molecule has 4 N–H and O–H groups in total. The molecule has 0 saturated heterocycles. The Morgan fingerprint density at radius 2 is 0.904 bits per heavy atom. The van der Waals surface area contributed by atoms with Gasteiger partial charge in [0.1, 0.15) is 31.7 Å². The third kappa shape index (κ3) is 9.20. The first-order chi connectivity index (χ1) is 23.8. The van der Waals surface area contributed by atoms with E-state index < -0.39 is 59.1 Å². The Bertz CT molecular complexity index is 2270. The summed E-state index contributed by atoms with van der Waals surface area (Å²) in [6.45, 7) is 0. The van der Waals surface area contributed by atoms with E-state index in [2.05, 4.69) is 31.7 Å². The average Bonchev–Trinajstić information content (AvgIpc) is 3.07. The minimum Gasteiger partial charge on any atom is -0.744 e. The summed E-state index contributed by atoms with van der Waals surface area (Å²) in [6, 6.07) is 23.8. The number of anilines is 4. The molecule has 4 aromatic carbocycles. The molecule has 0 spiro atoms. The standard InChI is InChI=1S/C33H24N6O9S2.2Na/c40-31-25-13-11-23(15-19(25)17-27(49(43,44)45)29(31)38-36-21-7-3-1-4-8-21)34-33(42)35-24-12-14-26-20(16-24)18-28(50(46,47)48)30(32(26)41)39-37-22-9-5-2-6-10-22;;/h1-18,36-37H,(H2,34,35,42)(H,43,44,45)(H,46,47,48);;/q;2*+1/p-2/b38-29-,39-30+;;. The minimum atomic E-state index is -5.15. The fourth-order valence-corrected chi connectivity index (χ4v) is 6.28. The topological polar surface area (TPSA) is 238 Å². The number of hydrazone groups is 2. The number of carbonyl (C=O) groups is 3. The van der Waals surface area contributed by atoms with E-state index in [9.17, 15) is 40.3 Å². The number of nitrogens with zero attached hydrogens (tertiary/aromatic N) is 2. The molecule has 2 amide bonds. The summed E-state index contributed by atoms with van der Waals surface area (Å²) in [5.74, 6) is -1.67. The zero-order valence-corrected chi connectivity index (χ0v) is 32.9. The first-order valence-electron chi connectivity index (χ1n) is 14.4. The van der Waals surface area contributed by atoms with Gasteiger partial charge >= 0.3 is 65.1 Å². The number of ketones is 2. The molecule has 0 unspecified atom stereocenters. The van der Waals surface area contributed by atoms with Crippen LogP contribution in [-0.2, 0) is 20.2 Å². The smallest absolute Gasteiger partial charge is 0.744 e. The number of amides is 2. The first kappa shape index (κ1) is 40.5. The van der Waals surface area contributed by atoms with E-state index in [1.54, 1.807) is 60.7 Å². The van der Waals surface area contributed by atoms with Crippen LogP contribution in [0.15, 0.2) is 117 Å². The van der Waals surface area contributed by atoms with Crippen LogP contribution in [-0.4, -0.2) is 55.0 Å². The van der Waals surface area contributed by atoms with E-state index in [0.29, 0.717) is 11.4 Å². The fourth-order valence-electron chi connectivity index (χ4n) is 4.98. The second-order valence-electron chi connectivity index (χ2n) is 10.6. The van der Waals surface area contributed by atoms with Gasteiger partial charge in [-0.05, 0) is 83.9 Å². The minimum absolute atomic E-state index is 0. The molecule has 0 aromatic heterocycles. The van der Waals surface area contributed by atoms with Crippen molar-refractivity contribution in [3.8, 4) is 0 Å². The van der Waals surface area contributed by atoms with Gasteiger partial charge in [-0.25, -0.2) is 21.6 Å². The second kappa shape index (κ2) is 16.6. The number of nitrogens with one attached hydrogen (secondary N) is 4. The molecular formula is C33H22N6Na2O9S2. The molecule has 252 valence electrons. The number of fused-ring (bicyclic) bond motifs is 2. The molecule has 4 aromatic rings. The molecule has 0 heterocycles. The second-order valence-corrected chi connectivity index (χ2v) is 13.3. The zero-order valence-electron chi connectivity index (χ0n) is 27.3. The van der Waals surface area contributed by atoms with Crippen molar-refractivity contribution in [3.05, 3.63) is 129 Å². The van der Waals surface area contributed by atoms with E-state index in [1.165, 1.54) is 36.4 Å². The number of carbonyl (C=O) groups excluding carboxylic acids is 3. The number of Topliss-reactive ketones (excluding diaryl/α,β-unsaturated/α-hetero) is 2. The number of hydrogen-bond donors (Lipinski definition) is 4. The van der Waals surface area contributed by atoms with Gasteiger partial charge in [-0.3, -0.25) is 20.4 Å². The number of hydrogen-bond acceptors (Lipinski definition) is 13. The maximum atomic E-state index is 13.2. The van der Waals surface area contributed by atoms with Crippen LogP contribution in [0.4, 0.5) is 27.5 Å². The van der Waals surface area contributed by atoms with E-state index in [0.717, 1.165) is 12.2 Å². The predicted molar refractivity (Wildman–Crippen MR) is 185 cm³/mol. The molecule has 2 aliphatic carbocycles. The molecule has 0 radical (unpaired) electrons. The normalized spacial score (nSPS) is 15.2. The molecule has 0 saturated carbocycles. The Hall–Kier alpha value is -4.27. The van der Waals surface area contributed by atoms with Gasteiger partial charge < -0.3 is 19.7 Å². The van der Waals surface area contributed by atoms with Gasteiger partial charge in [0.2, 0.25) is 11.6 Å². The van der Waals surface area contributed by atoms with Crippen LogP contribution >= 0.6 is 0 Å². The zero-order chi connectivity index (χ0) is 35.6. The number of allylic oxidation sites excluding steroid dienone is 2. The molecule has 19 heteroatoms. The van der Waals surface area contributed by atoms with Gasteiger partial charge in [0.05, 0.1) is 21.2 Å². The van der Waals surface area contributed by atoms with Crippen LogP contribution in [0.2, 0.25) is 0 Å². The Labute approximate surface area is 341 Å². The van der Waals surface area contributed by atoms with Crippen molar-refractivity contribution in [1.29, 1.82) is 0 Å². The maximum Gasteiger partial charge on any atom is 1.00 e. The van der Waals surface area contributed by atoms with Gasteiger partial charge in [-0.1, -0.05) is 36.4 Å². The molecule has 0 aliphatic heterocycles. The Balaban J connectivity index is 0.00000302.